The largest absolute Gasteiger partial charge is 0.481 e. The highest BCUT2D eigenvalue weighted by Gasteiger charge is 2.35. The van der Waals surface area contributed by atoms with Crippen LogP contribution in [0.1, 0.15) is 54.3 Å². The number of hydrogen-bond acceptors (Lipinski definition) is 8. The minimum atomic E-state index is -0.999. The van der Waals surface area contributed by atoms with Gasteiger partial charge in [0, 0.05) is 18.7 Å². The van der Waals surface area contributed by atoms with Gasteiger partial charge in [0.2, 0.25) is 0 Å². The number of carboxylic acids is 1. The maximum atomic E-state index is 12.7. The van der Waals surface area contributed by atoms with Gasteiger partial charge in [0.1, 0.15) is 17.0 Å². The molecular weight excluding hydrogens is 394 g/mol. The van der Waals surface area contributed by atoms with Gasteiger partial charge in [0.15, 0.2) is 5.65 Å². The average molecular weight is 421 g/mol. The van der Waals surface area contributed by atoms with Crippen LogP contribution in [0.15, 0.2) is 12.3 Å². The number of aromatic nitrogens is 4. The number of ether oxygens (including phenoxy) is 2. The predicted octanol–water partition coefficient (Wildman–Crippen LogP) is 3.06. The van der Waals surface area contributed by atoms with E-state index in [1.807, 2.05) is 0 Å². The van der Waals surface area contributed by atoms with E-state index in [1.165, 1.54) is 23.7 Å². The molecule has 0 fully saturated rings. The van der Waals surface area contributed by atoms with E-state index in [4.69, 9.17) is 14.6 Å². The molecule has 1 atom stereocenters. The number of amides is 2. The Kier molecular flexibility index (Phi) is 6.33. The van der Waals surface area contributed by atoms with Gasteiger partial charge in [0.25, 0.3) is 5.95 Å². The fourth-order valence-electron chi connectivity index (χ4n) is 2.30. The van der Waals surface area contributed by atoms with Gasteiger partial charge in [0.05, 0.1) is 5.92 Å². The van der Waals surface area contributed by atoms with Crippen molar-refractivity contribution in [3.8, 4) is 0 Å². The molecule has 0 spiro atoms. The summed E-state index contributed by atoms with van der Waals surface area (Å²) in [5.41, 5.74) is -1.47. The van der Waals surface area contributed by atoms with Crippen LogP contribution in [0.5, 0.6) is 0 Å². The van der Waals surface area contributed by atoms with Crippen LogP contribution >= 0.6 is 0 Å². The van der Waals surface area contributed by atoms with Gasteiger partial charge in [-0.3, -0.25) is 4.79 Å². The first-order chi connectivity index (χ1) is 13.7. The first-order valence-electron chi connectivity index (χ1n) is 9.37. The minimum absolute atomic E-state index is 0.0777. The van der Waals surface area contributed by atoms with Crippen molar-refractivity contribution in [1.29, 1.82) is 0 Å². The predicted molar refractivity (Wildman–Crippen MR) is 106 cm³/mol. The second-order valence-corrected chi connectivity index (χ2v) is 8.78. The molecule has 1 N–H and O–H groups in total. The van der Waals surface area contributed by atoms with Gasteiger partial charge in [-0.15, -0.1) is 10.00 Å². The molecule has 2 heterocycles. The summed E-state index contributed by atoms with van der Waals surface area (Å²) in [4.78, 5) is 45.6. The number of fused-ring (bicyclic) bond motifs is 1. The summed E-state index contributed by atoms with van der Waals surface area (Å²) in [6, 6.07) is 1.52. The summed E-state index contributed by atoms with van der Waals surface area (Å²) in [6.45, 7) is 11.5. The summed E-state index contributed by atoms with van der Waals surface area (Å²) in [7, 11) is 0. The van der Waals surface area contributed by atoms with Gasteiger partial charge in [-0.25, -0.2) is 14.6 Å². The molecule has 0 bridgehead atoms. The van der Waals surface area contributed by atoms with E-state index in [9.17, 15) is 14.4 Å². The van der Waals surface area contributed by atoms with E-state index in [0.717, 1.165) is 0 Å². The second-order valence-electron chi connectivity index (χ2n) is 8.78. The van der Waals surface area contributed by atoms with E-state index in [-0.39, 0.29) is 18.0 Å². The molecule has 164 valence electrons. The van der Waals surface area contributed by atoms with Crippen LogP contribution in [0.3, 0.4) is 0 Å². The lowest BCUT2D eigenvalue weighted by atomic mass is 10.1. The zero-order valence-electron chi connectivity index (χ0n) is 18.2. The average Bonchev–Trinajstić information content (AvgIpc) is 2.95. The zero-order valence-corrected chi connectivity index (χ0v) is 18.2. The lowest BCUT2D eigenvalue weighted by Gasteiger charge is -2.26. The number of carbonyl (C=O) groups is 3. The molecule has 2 aromatic rings. The van der Waals surface area contributed by atoms with Crippen LogP contribution in [-0.2, 0) is 20.7 Å². The van der Waals surface area contributed by atoms with Crippen LogP contribution in [0, 0.1) is 5.92 Å². The van der Waals surface area contributed by atoms with Gasteiger partial charge in [-0.1, -0.05) is 6.92 Å². The Morgan fingerprint density at radius 2 is 1.63 bits per heavy atom. The third kappa shape index (κ3) is 5.88. The summed E-state index contributed by atoms with van der Waals surface area (Å²) >= 11 is 0. The van der Waals surface area contributed by atoms with Gasteiger partial charge < -0.3 is 14.6 Å². The zero-order chi connectivity index (χ0) is 22.9. The first kappa shape index (κ1) is 23.0. The molecular formula is C19H27N5O6. The molecule has 0 saturated carbocycles. The standard InChI is InChI=1S/C19H27N5O6/c1-11(14(25)26)10-13-20-9-8-12-21-15(22-24(12)13)23(16(27)29-18(2,3)4)17(28)30-19(5,6)7/h8-9,11H,10H2,1-7H3,(H,25,26). The highest BCUT2D eigenvalue weighted by Crippen LogP contribution is 2.20. The molecule has 2 rings (SSSR count). The van der Waals surface area contributed by atoms with Crippen molar-refractivity contribution >= 4 is 29.8 Å². The Hall–Kier alpha value is -3.24. The third-order valence-electron chi connectivity index (χ3n) is 3.58. The molecule has 0 aliphatic carbocycles. The molecule has 1 unspecified atom stereocenters. The highest BCUT2D eigenvalue weighted by molar-refractivity contribution is 6.08. The quantitative estimate of drug-likeness (QED) is 0.789. The van der Waals surface area contributed by atoms with Crippen LogP contribution in [0.4, 0.5) is 15.5 Å². The Bertz CT molecular complexity index is 928. The number of carboxylic acid groups (broad SMARTS) is 1. The Morgan fingerprint density at radius 3 is 2.10 bits per heavy atom. The molecule has 0 aliphatic rings. The molecule has 2 aromatic heterocycles. The summed E-state index contributed by atoms with van der Waals surface area (Å²) < 4.78 is 11.9. The molecule has 0 aromatic carbocycles. The fraction of sp³-hybridized carbons (Fsp3) is 0.579. The maximum absolute atomic E-state index is 12.7. The minimum Gasteiger partial charge on any atom is -0.481 e. The van der Waals surface area contributed by atoms with Crippen molar-refractivity contribution < 1.29 is 29.0 Å². The third-order valence-corrected chi connectivity index (χ3v) is 3.58. The first-order valence-corrected chi connectivity index (χ1v) is 9.37. The monoisotopic (exact) mass is 421 g/mol. The van der Waals surface area contributed by atoms with E-state index in [2.05, 4.69) is 15.1 Å². The van der Waals surface area contributed by atoms with Crippen LogP contribution in [0.2, 0.25) is 0 Å². The molecule has 11 nitrogen and oxygen atoms in total. The molecule has 0 aliphatic heterocycles. The Balaban J connectivity index is 2.50. The van der Waals surface area contributed by atoms with E-state index in [0.29, 0.717) is 10.7 Å². The van der Waals surface area contributed by atoms with Crippen molar-refractivity contribution in [3.05, 3.63) is 18.1 Å². The smallest absolute Gasteiger partial charge is 0.427 e. The van der Waals surface area contributed by atoms with Gasteiger partial charge in [-0.05, 0) is 41.5 Å². The number of aliphatic carboxylic acids is 1. The van der Waals surface area contributed by atoms with Crippen LogP contribution < -0.4 is 4.90 Å². The summed E-state index contributed by atoms with van der Waals surface area (Å²) in [5, 5.41) is 13.4. The molecule has 11 heteroatoms. The van der Waals surface area contributed by atoms with Crippen molar-refractivity contribution in [1.82, 2.24) is 19.6 Å². The normalized spacial score (nSPS) is 13.0. The number of imide groups is 1. The molecule has 2 amide bonds. The molecule has 0 radical (unpaired) electrons. The lowest BCUT2D eigenvalue weighted by molar-refractivity contribution is -0.141. The van der Waals surface area contributed by atoms with Crippen molar-refractivity contribution in [2.45, 2.75) is 66.1 Å². The SMILES string of the molecule is CC(Cc1nccc2nc(N(C(=O)OC(C)(C)C)C(=O)OC(C)(C)C)nn12)C(=O)O. The van der Waals surface area contributed by atoms with Gasteiger partial charge in [-0.2, -0.15) is 9.50 Å². The van der Waals surface area contributed by atoms with Crippen molar-refractivity contribution in [3.63, 3.8) is 0 Å². The van der Waals surface area contributed by atoms with Gasteiger partial charge >= 0.3 is 18.2 Å². The summed E-state index contributed by atoms with van der Waals surface area (Å²) in [5.74, 6) is -1.66. The number of anilines is 1. The van der Waals surface area contributed by atoms with Crippen LogP contribution in [-0.4, -0.2) is 54.0 Å². The van der Waals surface area contributed by atoms with Crippen LogP contribution in [0.25, 0.3) is 5.65 Å². The number of hydrogen-bond donors (Lipinski definition) is 1. The summed E-state index contributed by atoms with van der Waals surface area (Å²) in [6.07, 6.45) is -0.473. The van der Waals surface area contributed by atoms with E-state index < -0.39 is 35.3 Å². The topological polar surface area (TPSA) is 136 Å². The number of nitrogens with zero attached hydrogens (tertiary/aromatic N) is 5. The van der Waals surface area contributed by atoms with E-state index in [1.54, 1.807) is 41.5 Å². The maximum Gasteiger partial charge on any atom is 0.427 e. The van der Waals surface area contributed by atoms with Crippen molar-refractivity contribution in [2.24, 2.45) is 5.92 Å². The van der Waals surface area contributed by atoms with E-state index >= 15 is 0 Å². The Morgan fingerprint density at radius 1 is 1.10 bits per heavy atom. The molecule has 0 saturated heterocycles. The highest BCUT2D eigenvalue weighted by atomic mass is 16.6. The van der Waals surface area contributed by atoms with Crippen molar-refractivity contribution in [2.75, 3.05) is 4.90 Å². The molecule has 30 heavy (non-hydrogen) atoms. The number of rotatable bonds is 4. The Labute approximate surface area is 174 Å². The second kappa shape index (κ2) is 8.25. The lowest BCUT2D eigenvalue weighted by Crippen LogP contribution is -2.44. The number of carbonyl (C=O) groups excluding carboxylic acids is 2. The fourth-order valence-corrected chi connectivity index (χ4v) is 2.30.